The fourth-order valence-electron chi connectivity index (χ4n) is 2.77. The van der Waals surface area contributed by atoms with E-state index < -0.39 is 9.24 Å². The second-order valence-corrected chi connectivity index (χ2v) is 10.8. The van der Waals surface area contributed by atoms with Gasteiger partial charge >= 0.3 is 0 Å². The van der Waals surface area contributed by atoms with Crippen LogP contribution in [-0.4, -0.2) is 0 Å². The lowest BCUT2D eigenvalue weighted by Gasteiger charge is -2.34. The summed E-state index contributed by atoms with van der Waals surface area (Å²) in [6.45, 7) is 6.70. The van der Waals surface area contributed by atoms with E-state index in [-0.39, 0.29) is 5.41 Å². The Morgan fingerprint density at radius 2 is 0.958 bits per heavy atom. The average Bonchev–Trinajstić information content (AvgIpc) is 2.62. The van der Waals surface area contributed by atoms with E-state index in [1.165, 1.54) is 20.2 Å². The Morgan fingerprint density at radius 3 is 1.33 bits per heavy atom. The smallest absolute Gasteiger partial charge is 0.0117 e. The lowest BCUT2D eigenvalue weighted by molar-refractivity contribution is 0.589. The summed E-state index contributed by atoms with van der Waals surface area (Å²) < 4.78 is 0. The summed E-state index contributed by atoms with van der Waals surface area (Å²) in [6, 6.07) is 29.7. The normalized spacial score (nSPS) is 12.8. The maximum Gasteiger partial charge on any atom is 0.0117 e. The van der Waals surface area contributed by atoms with E-state index in [4.69, 9.17) is 10.7 Å². The highest BCUT2D eigenvalue weighted by atomic mass is 35.7. The highest BCUT2D eigenvalue weighted by molar-refractivity contribution is 8.51. The van der Waals surface area contributed by atoms with Crippen LogP contribution in [0.2, 0.25) is 0 Å². The first-order valence-corrected chi connectivity index (χ1v) is 10.6. The van der Waals surface area contributed by atoms with Crippen molar-refractivity contribution in [2.75, 3.05) is 0 Å². The first kappa shape index (κ1) is 17.1. The third-order valence-corrected chi connectivity index (χ3v) is 8.55. The second-order valence-electron chi connectivity index (χ2n) is 6.94. The van der Waals surface area contributed by atoms with Crippen LogP contribution in [0.5, 0.6) is 0 Å². The van der Waals surface area contributed by atoms with Crippen molar-refractivity contribution in [1.82, 2.24) is 0 Å². The summed E-state index contributed by atoms with van der Waals surface area (Å²) in [5.41, 5.74) is 1.47. The highest BCUT2D eigenvalue weighted by Gasteiger charge is 2.28. The molecule has 0 bridgehead atoms. The molecule has 0 heterocycles. The van der Waals surface area contributed by atoms with Crippen LogP contribution in [0.3, 0.4) is 0 Å². The first-order valence-electron chi connectivity index (χ1n) is 8.16. The molecule has 0 nitrogen and oxygen atoms in total. The van der Waals surface area contributed by atoms with Gasteiger partial charge in [-0.2, -0.15) is 0 Å². The molecule has 3 rings (SSSR count). The van der Waals surface area contributed by atoms with Crippen molar-refractivity contribution in [1.29, 1.82) is 0 Å². The zero-order valence-corrected chi connectivity index (χ0v) is 15.9. The van der Waals surface area contributed by atoms with Crippen molar-refractivity contribution in [2.45, 2.75) is 40.9 Å². The van der Waals surface area contributed by atoms with Crippen LogP contribution in [0.15, 0.2) is 99.6 Å². The predicted octanol–water partition coefficient (Wildman–Crippen LogP) is 7.42. The largest absolute Gasteiger partial charge is 0.0810 e. The molecule has 0 saturated carbocycles. The molecule has 0 amide bonds. The maximum absolute atomic E-state index is 7.37. The molecule has 0 aliphatic carbocycles. The first-order chi connectivity index (χ1) is 11.4. The molecule has 0 saturated heterocycles. The molecule has 0 radical (unpaired) electrons. The number of hydrogen-bond donors (Lipinski definition) is 0. The van der Waals surface area contributed by atoms with Crippen LogP contribution in [0.25, 0.3) is 0 Å². The fraction of sp³-hybridized carbons (Fsp3) is 0.182. The Kier molecular flexibility index (Phi) is 4.76. The summed E-state index contributed by atoms with van der Waals surface area (Å²) >= 11 is 0. The molecule has 0 fully saturated rings. The lowest BCUT2D eigenvalue weighted by Crippen LogP contribution is -2.10. The molecule has 3 aromatic carbocycles. The SMILES string of the molecule is CC(C)(C)c1ccc(S(Cl)(c2ccccc2)c2ccccc2)cc1. The van der Waals surface area contributed by atoms with E-state index in [1.54, 1.807) is 0 Å². The molecule has 0 aromatic heterocycles. The van der Waals surface area contributed by atoms with Crippen LogP contribution < -0.4 is 0 Å². The molecule has 0 aliphatic heterocycles. The standard InChI is InChI=1S/C22H23ClS/c1-22(2,3)18-14-16-21(17-15-18)24(23,19-10-6-4-7-11-19)20-12-8-5-9-13-20/h4-17H,1-3H3. The Labute approximate surface area is 151 Å². The van der Waals surface area contributed by atoms with Gasteiger partial charge in [0.25, 0.3) is 0 Å². The van der Waals surface area contributed by atoms with Gasteiger partial charge in [-0.25, -0.2) is 0 Å². The summed E-state index contributed by atoms with van der Waals surface area (Å²) in [6.07, 6.45) is 0. The summed E-state index contributed by atoms with van der Waals surface area (Å²) in [4.78, 5) is 3.51. The predicted molar refractivity (Wildman–Crippen MR) is 106 cm³/mol. The number of halogens is 1. The molecular formula is C22H23ClS. The molecule has 0 N–H and O–H groups in total. The lowest BCUT2D eigenvalue weighted by atomic mass is 9.87. The summed E-state index contributed by atoms with van der Waals surface area (Å²) in [5, 5.41) is 0. The number of benzene rings is 3. The Balaban J connectivity index is 2.16. The third-order valence-electron chi connectivity index (χ3n) is 4.18. The van der Waals surface area contributed by atoms with E-state index in [0.29, 0.717) is 0 Å². The maximum atomic E-state index is 7.37. The van der Waals surface area contributed by atoms with Gasteiger partial charge in [0.1, 0.15) is 0 Å². The van der Waals surface area contributed by atoms with Crippen molar-refractivity contribution in [3.8, 4) is 0 Å². The van der Waals surface area contributed by atoms with Crippen molar-refractivity contribution in [2.24, 2.45) is 0 Å². The van der Waals surface area contributed by atoms with Crippen molar-refractivity contribution < 1.29 is 0 Å². The van der Waals surface area contributed by atoms with E-state index in [9.17, 15) is 0 Å². The average molecular weight is 355 g/mol. The molecule has 3 aromatic rings. The number of rotatable bonds is 3. The van der Waals surface area contributed by atoms with Gasteiger partial charge in [-0.3, -0.25) is 0 Å². The molecule has 0 spiro atoms. The fourth-order valence-corrected chi connectivity index (χ4v) is 6.08. The molecule has 2 heteroatoms. The van der Waals surface area contributed by atoms with Gasteiger partial charge in [0.2, 0.25) is 0 Å². The molecule has 0 atom stereocenters. The van der Waals surface area contributed by atoms with Crippen molar-refractivity contribution in [3.05, 3.63) is 90.5 Å². The van der Waals surface area contributed by atoms with E-state index in [1.807, 2.05) is 12.1 Å². The molecule has 0 aliphatic rings. The summed E-state index contributed by atoms with van der Waals surface area (Å²) in [5.74, 6) is 0. The zero-order chi connectivity index (χ0) is 17.2. The topological polar surface area (TPSA) is 0 Å². The van der Waals surface area contributed by atoms with Crippen molar-refractivity contribution in [3.63, 3.8) is 0 Å². The van der Waals surface area contributed by atoms with Gasteiger partial charge in [0, 0.05) is 14.7 Å². The quantitative estimate of drug-likeness (QED) is 0.459. The van der Waals surface area contributed by atoms with Crippen LogP contribution in [-0.2, 0) is 5.41 Å². The zero-order valence-electron chi connectivity index (χ0n) is 14.4. The second kappa shape index (κ2) is 6.66. The Hall–Kier alpha value is -1.70. The monoisotopic (exact) mass is 354 g/mol. The van der Waals surface area contributed by atoms with Crippen molar-refractivity contribution >= 4 is 19.9 Å². The Morgan fingerprint density at radius 1 is 0.583 bits per heavy atom. The summed E-state index contributed by atoms with van der Waals surface area (Å²) in [7, 11) is 5.60. The van der Waals surface area contributed by atoms with Crippen LogP contribution >= 0.6 is 19.9 Å². The van der Waals surface area contributed by atoms with Gasteiger partial charge in [-0.15, -0.1) is 0 Å². The molecule has 124 valence electrons. The third kappa shape index (κ3) is 3.24. The van der Waals surface area contributed by atoms with Gasteiger partial charge in [-0.1, -0.05) is 89.2 Å². The number of hydrogen-bond acceptors (Lipinski definition) is 0. The minimum atomic E-state index is -1.77. The van der Waals surface area contributed by atoms with Gasteiger partial charge in [-0.05, 0) is 47.4 Å². The van der Waals surface area contributed by atoms with Crippen LogP contribution in [0.4, 0.5) is 0 Å². The van der Waals surface area contributed by atoms with E-state index in [2.05, 4.69) is 93.6 Å². The van der Waals surface area contributed by atoms with E-state index in [0.717, 1.165) is 0 Å². The van der Waals surface area contributed by atoms with Gasteiger partial charge in [0.05, 0.1) is 0 Å². The Bertz CT molecular complexity index is 747. The minimum absolute atomic E-state index is 0.141. The van der Waals surface area contributed by atoms with Gasteiger partial charge in [0.15, 0.2) is 0 Å². The van der Waals surface area contributed by atoms with Crippen LogP contribution in [0.1, 0.15) is 26.3 Å². The molecular weight excluding hydrogens is 332 g/mol. The minimum Gasteiger partial charge on any atom is -0.0810 e. The molecule has 24 heavy (non-hydrogen) atoms. The van der Waals surface area contributed by atoms with Gasteiger partial charge < -0.3 is 0 Å². The molecule has 0 unspecified atom stereocenters. The van der Waals surface area contributed by atoms with Crippen LogP contribution in [0, 0.1) is 0 Å². The van der Waals surface area contributed by atoms with E-state index >= 15 is 0 Å². The highest BCUT2D eigenvalue weighted by Crippen LogP contribution is 2.72.